The van der Waals surface area contributed by atoms with E-state index in [9.17, 15) is 4.79 Å². The third-order valence-corrected chi connectivity index (χ3v) is 3.51. The molecule has 2 N–H and O–H groups in total. The molecule has 3 heteroatoms. The molecule has 1 aliphatic heterocycles. The van der Waals surface area contributed by atoms with E-state index in [1.165, 1.54) is 12.0 Å². The highest BCUT2D eigenvalue weighted by atomic mass is 16.4. The molecule has 1 aliphatic carbocycles. The van der Waals surface area contributed by atoms with Crippen molar-refractivity contribution in [1.82, 2.24) is 0 Å². The molecule has 0 amide bonds. The molecular formula is C12H13NO2. The van der Waals surface area contributed by atoms with Crippen molar-refractivity contribution in [3.05, 3.63) is 28.8 Å². The van der Waals surface area contributed by atoms with Gasteiger partial charge in [-0.2, -0.15) is 0 Å². The molecule has 3 rings (SSSR count). The molecule has 1 aromatic rings. The minimum absolute atomic E-state index is 0.502. The fourth-order valence-electron chi connectivity index (χ4n) is 2.86. The Hall–Kier alpha value is -1.51. The monoisotopic (exact) mass is 203 g/mol. The smallest absolute Gasteiger partial charge is 0.335 e. The van der Waals surface area contributed by atoms with Crippen molar-refractivity contribution < 1.29 is 9.90 Å². The Morgan fingerprint density at radius 3 is 3.13 bits per heavy atom. The van der Waals surface area contributed by atoms with Crippen LogP contribution in [0.1, 0.15) is 40.2 Å². The summed E-state index contributed by atoms with van der Waals surface area (Å²) in [4.78, 5) is 11.1. The van der Waals surface area contributed by atoms with Gasteiger partial charge < -0.3 is 10.4 Å². The Morgan fingerprint density at radius 2 is 2.33 bits per heavy atom. The third-order valence-electron chi connectivity index (χ3n) is 3.51. The number of hydrogen-bond donors (Lipinski definition) is 2. The third kappa shape index (κ3) is 1.16. The van der Waals surface area contributed by atoms with Crippen LogP contribution >= 0.6 is 0 Å². The van der Waals surface area contributed by atoms with E-state index in [0.29, 0.717) is 11.5 Å². The topological polar surface area (TPSA) is 49.3 Å². The van der Waals surface area contributed by atoms with Crippen molar-refractivity contribution >= 4 is 11.7 Å². The Kier molecular flexibility index (Phi) is 1.75. The van der Waals surface area contributed by atoms with Gasteiger partial charge in [0.05, 0.1) is 5.56 Å². The summed E-state index contributed by atoms with van der Waals surface area (Å²) in [6.07, 6.45) is 3.22. The normalized spacial score (nSPS) is 22.0. The van der Waals surface area contributed by atoms with E-state index in [0.717, 1.165) is 30.6 Å². The highest BCUT2D eigenvalue weighted by Gasteiger charge is 2.30. The summed E-state index contributed by atoms with van der Waals surface area (Å²) >= 11 is 0. The Bertz CT molecular complexity index is 439. The fourth-order valence-corrected chi connectivity index (χ4v) is 2.86. The number of carboxylic acids is 1. The van der Waals surface area contributed by atoms with E-state index in [2.05, 4.69) is 5.32 Å². The van der Waals surface area contributed by atoms with Crippen molar-refractivity contribution in [2.45, 2.75) is 25.2 Å². The molecule has 3 nitrogen and oxygen atoms in total. The maximum atomic E-state index is 11.1. The van der Waals surface area contributed by atoms with Crippen LogP contribution in [-0.2, 0) is 6.42 Å². The highest BCUT2D eigenvalue weighted by molar-refractivity contribution is 5.91. The molecule has 0 fully saturated rings. The van der Waals surface area contributed by atoms with E-state index in [1.807, 2.05) is 6.07 Å². The molecule has 0 aromatic heterocycles. The first-order chi connectivity index (χ1) is 7.27. The number of rotatable bonds is 1. The van der Waals surface area contributed by atoms with Crippen LogP contribution in [0.4, 0.5) is 5.69 Å². The predicted molar refractivity (Wildman–Crippen MR) is 57.6 cm³/mol. The number of benzene rings is 1. The second kappa shape index (κ2) is 2.99. The molecule has 0 bridgehead atoms. The zero-order valence-corrected chi connectivity index (χ0v) is 8.42. The number of carboxylic acid groups (broad SMARTS) is 1. The van der Waals surface area contributed by atoms with E-state index >= 15 is 0 Å². The zero-order valence-electron chi connectivity index (χ0n) is 8.42. The van der Waals surface area contributed by atoms with Crippen LogP contribution in [-0.4, -0.2) is 17.6 Å². The first kappa shape index (κ1) is 8.77. The quantitative estimate of drug-likeness (QED) is 0.735. The van der Waals surface area contributed by atoms with Gasteiger partial charge in [0.2, 0.25) is 0 Å². The molecule has 1 heterocycles. The Morgan fingerprint density at radius 1 is 1.47 bits per heavy atom. The minimum Gasteiger partial charge on any atom is -0.478 e. The van der Waals surface area contributed by atoms with Crippen molar-refractivity contribution in [2.24, 2.45) is 0 Å². The van der Waals surface area contributed by atoms with Gasteiger partial charge in [0, 0.05) is 18.2 Å². The summed E-state index contributed by atoms with van der Waals surface area (Å²) < 4.78 is 0. The molecule has 1 aromatic carbocycles. The standard InChI is InChI=1S/C12H13NO2/c14-12(15)9-4-5-10-11-7(6-13-10)2-1-3-8(9)11/h4-5,7,13H,1-3,6H2,(H,14,15). The molecule has 0 radical (unpaired) electrons. The number of carbonyl (C=O) groups is 1. The summed E-state index contributed by atoms with van der Waals surface area (Å²) in [7, 11) is 0. The first-order valence-electron chi connectivity index (χ1n) is 5.40. The van der Waals surface area contributed by atoms with Gasteiger partial charge in [0.1, 0.15) is 0 Å². The van der Waals surface area contributed by atoms with Gasteiger partial charge in [-0.25, -0.2) is 4.79 Å². The van der Waals surface area contributed by atoms with Gasteiger partial charge >= 0.3 is 5.97 Å². The Labute approximate surface area is 88.1 Å². The maximum absolute atomic E-state index is 11.1. The number of hydrogen-bond acceptors (Lipinski definition) is 2. The SMILES string of the molecule is O=C(O)c1ccc2c3c1CCCC3CN2. The van der Waals surface area contributed by atoms with E-state index in [4.69, 9.17) is 5.11 Å². The summed E-state index contributed by atoms with van der Waals surface area (Å²) in [6.45, 7) is 0.978. The number of anilines is 1. The minimum atomic E-state index is -0.791. The van der Waals surface area contributed by atoms with Crippen molar-refractivity contribution in [3.8, 4) is 0 Å². The summed E-state index contributed by atoms with van der Waals surface area (Å²) in [6, 6.07) is 3.64. The lowest BCUT2D eigenvalue weighted by molar-refractivity contribution is 0.0695. The van der Waals surface area contributed by atoms with E-state index in [1.54, 1.807) is 6.07 Å². The second-order valence-corrected chi connectivity index (χ2v) is 4.33. The lowest BCUT2D eigenvalue weighted by Crippen LogP contribution is -2.13. The van der Waals surface area contributed by atoms with Crippen LogP contribution < -0.4 is 5.32 Å². The number of nitrogens with one attached hydrogen (secondary N) is 1. The van der Waals surface area contributed by atoms with Gasteiger partial charge in [-0.15, -0.1) is 0 Å². The molecule has 0 spiro atoms. The van der Waals surface area contributed by atoms with E-state index < -0.39 is 5.97 Å². The highest BCUT2D eigenvalue weighted by Crippen LogP contribution is 2.42. The summed E-state index contributed by atoms with van der Waals surface area (Å²) in [5, 5.41) is 12.5. The largest absolute Gasteiger partial charge is 0.478 e. The summed E-state index contributed by atoms with van der Waals surface area (Å²) in [5.41, 5.74) is 4.00. The van der Waals surface area contributed by atoms with Crippen LogP contribution in [0.5, 0.6) is 0 Å². The van der Waals surface area contributed by atoms with Crippen molar-refractivity contribution in [2.75, 3.05) is 11.9 Å². The fraction of sp³-hybridized carbons (Fsp3) is 0.417. The van der Waals surface area contributed by atoms with Gasteiger partial charge in [0.25, 0.3) is 0 Å². The van der Waals surface area contributed by atoms with Crippen LogP contribution in [0.25, 0.3) is 0 Å². The molecule has 1 atom stereocenters. The first-order valence-corrected chi connectivity index (χ1v) is 5.40. The number of aromatic carboxylic acids is 1. The molecule has 15 heavy (non-hydrogen) atoms. The predicted octanol–water partition coefficient (Wildman–Crippen LogP) is 2.23. The lowest BCUT2D eigenvalue weighted by atomic mass is 9.82. The van der Waals surface area contributed by atoms with Crippen molar-refractivity contribution in [3.63, 3.8) is 0 Å². The van der Waals surface area contributed by atoms with Gasteiger partial charge in [-0.05, 0) is 42.5 Å². The molecule has 78 valence electrons. The molecule has 0 saturated heterocycles. The van der Waals surface area contributed by atoms with Crippen LogP contribution in [0, 0.1) is 0 Å². The lowest BCUT2D eigenvalue weighted by Gasteiger charge is -2.21. The van der Waals surface area contributed by atoms with Gasteiger partial charge in [0.15, 0.2) is 0 Å². The maximum Gasteiger partial charge on any atom is 0.335 e. The van der Waals surface area contributed by atoms with Crippen molar-refractivity contribution in [1.29, 1.82) is 0 Å². The second-order valence-electron chi connectivity index (χ2n) is 4.33. The average molecular weight is 203 g/mol. The van der Waals surface area contributed by atoms with Gasteiger partial charge in [-0.1, -0.05) is 0 Å². The van der Waals surface area contributed by atoms with E-state index in [-0.39, 0.29) is 0 Å². The van der Waals surface area contributed by atoms with Crippen LogP contribution in [0.15, 0.2) is 12.1 Å². The molecular weight excluding hydrogens is 190 g/mol. The molecule has 1 unspecified atom stereocenters. The Balaban J connectivity index is 2.23. The van der Waals surface area contributed by atoms with Crippen LogP contribution in [0.2, 0.25) is 0 Å². The zero-order chi connectivity index (χ0) is 10.4. The summed E-state index contributed by atoms with van der Waals surface area (Å²) in [5.74, 6) is -0.247. The molecule has 0 saturated carbocycles. The molecule has 2 aliphatic rings. The van der Waals surface area contributed by atoms with Gasteiger partial charge in [-0.3, -0.25) is 0 Å². The average Bonchev–Trinajstić information content (AvgIpc) is 2.64. The van der Waals surface area contributed by atoms with Crippen LogP contribution in [0.3, 0.4) is 0 Å².